The highest BCUT2D eigenvalue weighted by Crippen LogP contribution is 2.37. The van der Waals surface area contributed by atoms with Gasteiger partial charge in [-0.15, -0.1) is 0 Å². The lowest BCUT2D eigenvalue weighted by molar-refractivity contribution is 0.188. The molecular formula is C13H20N2O3. The van der Waals surface area contributed by atoms with Crippen LogP contribution in [0.25, 0.3) is 0 Å². The van der Waals surface area contributed by atoms with Gasteiger partial charge in [0, 0.05) is 6.04 Å². The minimum Gasteiger partial charge on any atom is -0.494 e. The molecule has 0 saturated heterocycles. The lowest BCUT2D eigenvalue weighted by Crippen LogP contribution is -2.37. The van der Waals surface area contributed by atoms with Gasteiger partial charge in [-0.05, 0) is 38.0 Å². The van der Waals surface area contributed by atoms with E-state index in [1.807, 2.05) is 0 Å². The van der Waals surface area contributed by atoms with Crippen LogP contribution in [0.3, 0.4) is 0 Å². The summed E-state index contributed by atoms with van der Waals surface area (Å²) in [6.07, 6.45) is 2.94. The van der Waals surface area contributed by atoms with Crippen molar-refractivity contribution in [3.63, 3.8) is 0 Å². The molecule has 1 aliphatic carbocycles. The largest absolute Gasteiger partial charge is 0.494 e. The Morgan fingerprint density at radius 2 is 1.94 bits per heavy atom. The van der Waals surface area contributed by atoms with Crippen molar-refractivity contribution >= 4 is 0 Å². The first kappa shape index (κ1) is 12.9. The number of nitrogens with one attached hydrogen (secondary N) is 1. The molecule has 3 unspecified atom stereocenters. The van der Waals surface area contributed by atoms with Crippen LogP contribution in [0.15, 0.2) is 9.59 Å². The SMILES string of the molecule is Cc1c(O)n(C2CCC(C)CC2C)c(=O)[nH]c1=O. The Kier molecular flexibility index (Phi) is 3.32. The Morgan fingerprint density at radius 3 is 2.56 bits per heavy atom. The highest BCUT2D eigenvalue weighted by molar-refractivity contribution is 5.21. The normalized spacial score (nSPS) is 28.3. The van der Waals surface area contributed by atoms with Gasteiger partial charge in [-0.25, -0.2) is 4.79 Å². The molecule has 5 heteroatoms. The molecule has 1 saturated carbocycles. The molecule has 5 nitrogen and oxygen atoms in total. The average Bonchev–Trinajstić information content (AvgIpc) is 2.29. The number of nitrogens with zero attached hydrogens (tertiary/aromatic N) is 1. The zero-order valence-electron chi connectivity index (χ0n) is 11.1. The van der Waals surface area contributed by atoms with Gasteiger partial charge in [-0.1, -0.05) is 13.8 Å². The van der Waals surface area contributed by atoms with Gasteiger partial charge in [0.1, 0.15) is 0 Å². The third-order valence-corrected chi connectivity index (χ3v) is 4.06. The standard InChI is InChI=1S/C13H20N2O3/c1-7-4-5-10(8(2)6-7)15-12(17)9(3)11(16)14-13(15)18/h7-8,10,17H,4-6H2,1-3H3,(H,14,16,18). The van der Waals surface area contributed by atoms with Crippen molar-refractivity contribution in [1.29, 1.82) is 0 Å². The Hall–Kier alpha value is -1.52. The maximum absolute atomic E-state index is 11.9. The van der Waals surface area contributed by atoms with Crippen molar-refractivity contribution in [2.75, 3.05) is 0 Å². The van der Waals surface area contributed by atoms with Crippen LogP contribution in [0.5, 0.6) is 5.88 Å². The van der Waals surface area contributed by atoms with Crippen LogP contribution in [0.2, 0.25) is 0 Å². The van der Waals surface area contributed by atoms with E-state index in [1.165, 1.54) is 11.5 Å². The van der Waals surface area contributed by atoms with Gasteiger partial charge in [0.25, 0.3) is 5.56 Å². The van der Waals surface area contributed by atoms with Crippen LogP contribution < -0.4 is 11.2 Å². The summed E-state index contributed by atoms with van der Waals surface area (Å²) in [5.41, 5.74) is -0.805. The van der Waals surface area contributed by atoms with E-state index in [0.717, 1.165) is 19.3 Å². The van der Waals surface area contributed by atoms with E-state index in [1.54, 1.807) is 0 Å². The van der Waals surface area contributed by atoms with Crippen LogP contribution in [-0.2, 0) is 0 Å². The summed E-state index contributed by atoms with van der Waals surface area (Å²) in [5.74, 6) is 0.788. The first-order valence-electron chi connectivity index (χ1n) is 6.46. The Bertz CT molecular complexity index is 558. The molecule has 1 aliphatic rings. The van der Waals surface area contributed by atoms with E-state index in [9.17, 15) is 14.7 Å². The Morgan fingerprint density at radius 1 is 1.28 bits per heavy atom. The molecule has 0 spiro atoms. The van der Waals surface area contributed by atoms with Gasteiger partial charge >= 0.3 is 5.69 Å². The molecule has 0 radical (unpaired) electrons. The van der Waals surface area contributed by atoms with Gasteiger partial charge < -0.3 is 5.11 Å². The van der Waals surface area contributed by atoms with Crippen molar-refractivity contribution in [2.45, 2.75) is 46.1 Å². The van der Waals surface area contributed by atoms with Crippen LogP contribution in [0.4, 0.5) is 0 Å². The first-order chi connectivity index (χ1) is 8.41. The summed E-state index contributed by atoms with van der Waals surface area (Å²) in [7, 11) is 0. The smallest absolute Gasteiger partial charge is 0.331 e. The molecule has 100 valence electrons. The predicted molar refractivity (Wildman–Crippen MR) is 68.9 cm³/mol. The van der Waals surface area contributed by atoms with Gasteiger partial charge in [0.15, 0.2) is 0 Å². The third kappa shape index (κ3) is 2.09. The number of aromatic amines is 1. The molecule has 2 rings (SSSR count). The fourth-order valence-corrected chi connectivity index (χ4v) is 2.97. The number of aromatic hydroxyl groups is 1. The van der Waals surface area contributed by atoms with Gasteiger partial charge in [-0.2, -0.15) is 0 Å². The molecule has 0 bridgehead atoms. The molecule has 0 aliphatic heterocycles. The van der Waals surface area contributed by atoms with E-state index >= 15 is 0 Å². The van der Waals surface area contributed by atoms with E-state index in [2.05, 4.69) is 18.8 Å². The van der Waals surface area contributed by atoms with Crippen LogP contribution >= 0.6 is 0 Å². The molecule has 1 aromatic rings. The summed E-state index contributed by atoms with van der Waals surface area (Å²) in [6, 6.07) is -0.0238. The molecule has 1 heterocycles. The highest BCUT2D eigenvalue weighted by atomic mass is 16.3. The van der Waals surface area contributed by atoms with Gasteiger partial charge in [-0.3, -0.25) is 14.3 Å². The molecule has 1 aromatic heterocycles. The fourth-order valence-electron chi connectivity index (χ4n) is 2.97. The summed E-state index contributed by atoms with van der Waals surface area (Å²) >= 11 is 0. The van der Waals surface area contributed by atoms with Crippen molar-refractivity contribution in [3.05, 3.63) is 26.4 Å². The zero-order valence-corrected chi connectivity index (χ0v) is 11.1. The van der Waals surface area contributed by atoms with E-state index < -0.39 is 11.2 Å². The second kappa shape index (κ2) is 4.63. The fraction of sp³-hybridized carbons (Fsp3) is 0.692. The van der Waals surface area contributed by atoms with Crippen LogP contribution in [0, 0.1) is 18.8 Å². The lowest BCUT2D eigenvalue weighted by Gasteiger charge is -2.34. The molecule has 3 atom stereocenters. The molecule has 0 amide bonds. The zero-order chi connectivity index (χ0) is 13.4. The number of hydrogen-bond donors (Lipinski definition) is 2. The molecule has 2 N–H and O–H groups in total. The van der Waals surface area contributed by atoms with Crippen molar-refractivity contribution in [2.24, 2.45) is 11.8 Å². The second-order valence-corrected chi connectivity index (χ2v) is 5.54. The third-order valence-electron chi connectivity index (χ3n) is 4.06. The number of rotatable bonds is 1. The minimum absolute atomic E-state index is 0.0238. The maximum Gasteiger partial charge on any atom is 0.331 e. The lowest BCUT2D eigenvalue weighted by atomic mass is 9.79. The maximum atomic E-state index is 11.9. The molecule has 18 heavy (non-hydrogen) atoms. The summed E-state index contributed by atoms with van der Waals surface area (Å²) in [5, 5.41) is 10.0. The quantitative estimate of drug-likeness (QED) is 0.796. The number of aromatic nitrogens is 2. The van der Waals surface area contributed by atoms with E-state index in [-0.39, 0.29) is 17.5 Å². The number of H-pyrrole nitrogens is 1. The van der Waals surface area contributed by atoms with E-state index in [0.29, 0.717) is 11.8 Å². The molecule has 1 fully saturated rings. The Balaban J connectivity index is 2.49. The summed E-state index contributed by atoms with van der Waals surface area (Å²) in [6.45, 7) is 5.82. The van der Waals surface area contributed by atoms with Crippen LogP contribution in [0.1, 0.15) is 44.7 Å². The predicted octanol–water partition coefficient (Wildman–Crippen LogP) is 1.55. The molecular weight excluding hydrogens is 232 g/mol. The average molecular weight is 252 g/mol. The highest BCUT2D eigenvalue weighted by Gasteiger charge is 2.29. The minimum atomic E-state index is -0.509. The molecule has 0 aromatic carbocycles. The topological polar surface area (TPSA) is 75.1 Å². The summed E-state index contributed by atoms with van der Waals surface area (Å²) in [4.78, 5) is 25.6. The Labute approximate surface area is 105 Å². The van der Waals surface area contributed by atoms with Crippen LogP contribution in [-0.4, -0.2) is 14.7 Å². The monoisotopic (exact) mass is 252 g/mol. The van der Waals surface area contributed by atoms with Crippen molar-refractivity contribution < 1.29 is 5.11 Å². The second-order valence-electron chi connectivity index (χ2n) is 5.54. The number of hydrogen-bond acceptors (Lipinski definition) is 3. The van der Waals surface area contributed by atoms with Crippen molar-refractivity contribution in [3.8, 4) is 5.88 Å². The van der Waals surface area contributed by atoms with Gasteiger partial charge in [0.05, 0.1) is 5.56 Å². The summed E-state index contributed by atoms with van der Waals surface area (Å²) < 4.78 is 1.35. The van der Waals surface area contributed by atoms with Crippen molar-refractivity contribution in [1.82, 2.24) is 9.55 Å². The van der Waals surface area contributed by atoms with E-state index in [4.69, 9.17) is 0 Å². The first-order valence-corrected chi connectivity index (χ1v) is 6.46. The van der Waals surface area contributed by atoms with Gasteiger partial charge in [0.2, 0.25) is 5.88 Å².